The van der Waals surface area contributed by atoms with Crippen LogP contribution in [0.15, 0.2) is 67.0 Å². The number of imidazole rings is 1. The maximum Gasteiger partial charge on any atom is 0.252 e. The number of aliphatic hydroxyl groups is 2. The van der Waals surface area contributed by atoms with Gasteiger partial charge >= 0.3 is 0 Å². The van der Waals surface area contributed by atoms with Crippen LogP contribution in [-0.4, -0.2) is 111 Å². The number of fused-ring (bicyclic) bond motifs is 1. The quantitative estimate of drug-likeness (QED) is 0.136. The number of amides is 1. The van der Waals surface area contributed by atoms with E-state index >= 15 is 0 Å². The normalized spacial score (nSPS) is 22.1. The van der Waals surface area contributed by atoms with E-state index in [1.165, 1.54) is 6.33 Å². The maximum atomic E-state index is 12.5. The monoisotopic (exact) mass is 615 g/mol. The average molecular weight is 616 g/mol. The van der Waals surface area contributed by atoms with Crippen molar-refractivity contribution in [3.8, 4) is 0 Å². The van der Waals surface area contributed by atoms with Crippen LogP contribution in [0.25, 0.3) is 11.2 Å². The highest BCUT2D eigenvalue weighted by atomic mass is 16.6. The summed E-state index contributed by atoms with van der Waals surface area (Å²) in [4.78, 5) is 29.1. The fraction of sp³-hybridized carbons (Fsp3) is 0.438. The summed E-state index contributed by atoms with van der Waals surface area (Å²) in [6.07, 6.45) is -3.58. The van der Waals surface area contributed by atoms with Gasteiger partial charge in [0, 0.05) is 58.3 Å². The van der Waals surface area contributed by atoms with Gasteiger partial charge in [0.25, 0.3) is 5.91 Å². The van der Waals surface area contributed by atoms with Crippen molar-refractivity contribution in [3.05, 3.63) is 78.1 Å². The molecule has 45 heavy (non-hydrogen) atoms. The molecular weight excluding hydrogens is 574 g/mol. The van der Waals surface area contributed by atoms with Crippen molar-refractivity contribution in [1.82, 2.24) is 35.1 Å². The number of piperazine rings is 1. The predicted molar refractivity (Wildman–Crippen MR) is 171 cm³/mol. The number of anilines is 2. The molecular formula is C32H41N9O4. The van der Waals surface area contributed by atoms with Gasteiger partial charge in [0.15, 0.2) is 29.3 Å². The molecule has 0 saturated carbocycles. The Morgan fingerprint density at radius 1 is 1.00 bits per heavy atom. The Hall–Kier alpha value is -4.14. The number of ether oxygens (including phenoxy) is 1. The summed E-state index contributed by atoms with van der Waals surface area (Å²) in [5.74, 6) is 0.465. The first-order valence-electron chi connectivity index (χ1n) is 15.6. The molecule has 2 aromatic carbocycles. The zero-order valence-electron chi connectivity index (χ0n) is 25.3. The van der Waals surface area contributed by atoms with Crippen molar-refractivity contribution in [2.75, 3.05) is 63.0 Å². The molecule has 6 N–H and O–H groups in total. The van der Waals surface area contributed by atoms with Crippen LogP contribution >= 0.6 is 0 Å². The number of likely N-dealkylation sites (N-methyl/N-ethyl adjacent to an activating group) is 1. The number of nitrogens with one attached hydrogen (secondary N) is 4. The first kappa shape index (κ1) is 30.9. The molecule has 2 aromatic heterocycles. The summed E-state index contributed by atoms with van der Waals surface area (Å²) in [7, 11) is 0. The first-order valence-corrected chi connectivity index (χ1v) is 15.6. The van der Waals surface area contributed by atoms with Gasteiger partial charge in [-0.2, -0.15) is 9.97 Å². The molecule has 0 unspecified atom stereocenters. The third-order valence-electron chi connectivity index (χ3n) is 8.34. The Bertz CT molecular complexity index is 1510. The van der Waals surface area contributed by atoms with E-state index in [1.807, 2.05) is 36.4 Å². The summed E-state index contributed by atoms with van der Waals surface area (Å²) < 4.78 is 7.46. The van der Waals surface area contributed by atoms with E-state index in [0.717, 1.165) is 43.9 Å². The molecule has 1 amide bonds. The molecule has 0 bridgehead atoms. The van der Waals surface area contributed by atoms with Crippen LogP contribution in [-0.2, 0) is 9.53 Å². The molecule has 2 saturated heterocycles. The highest BCUT2D eigenvalue weighted by Gasteiger charge is 2.47. The van der Waals surface area contributed by atoms with Gasteiger partial charge in [-0.3, -0.25) is 14.3 Å². The molecule has 4 atom stereocenters. The van der Waals surface area contributed by atoms with Crippen LogP contribution < -0.4 is 21.3 Å². The minimum absolute atomic E-state index is 0.0385. The van der Waals surface area contributed by atoms with Crippen LogP contribution in [0, 0.1) is 0 Å². The van der Waals surface area contributed by atoms with Crippen LogP contribution in [0.2, 0.25) is 0 Å². The number of aliphatic hydroxyl groups excluding tert-OH is 2. The van der Waals surface area contributed by atoms with E-state index in [0.29, 0.717) is 42.6 Å². The second-order valence-electron chi connectivity index (χ2n) is 11.3. The Balaban J connectivity index is 1.30. The van der Waals surface area contributed by atoms with Crippen molar-refractivity contribution in [1.29, 1.82) is 0 Å². The summed E-state index contributed by atoms with van der Waals surface area (Å²) in [5, 5.41) is 34.5. The number of rotatable bonds is 12. The minimum Gasteiger partial charge on any atom is -0.387 e. The third kappa shape index (κ3) is 6.92. The minimum atomic E-state index is -1.41. The number of benzene rings is 2. The van der Waals surface area contributed by atoms with Crippen LogP contribution in [0.1, 0.15) is 30.2 Å². The van der Waals surface area contributed by atoms with Gasteiger partial charge < -0.3 is 36.2 Å². The fourth-order valence-corrected chi connectivity index (χ4v) is 5.94. The van der Waals surface area contributed by atoms with E-state index in [9.17, 15) is 15.0 Å². The summed E-state index contributed by atoms with van der Waals surface area (Å²) >= 11 is 0. The van der Waals surface area contributed by atoms with Crippen LogP contribution in [0.5, 0.6) is 0 Å². The first-order chi connectivity index (χ1) is 22.0. The Morgan fingerprint density at radius 2 is 1.69 bits per heavy atom. The SMILES string of the molecule is CCNC(=O)[C@H]1O[C@@H](n2cnc3c(NCC(c4ccccc4)c4ccccc4)nc(NCCN4CCNCC4)nc32)[C@H](O)[C@@H]1O. The molecule has 238 valence electrons. The molecule has 4 heterocycles. The summed E-state index contributed by atoms with van der Waals surface area (Å²) in [6, 6.07) is 20.6. The lowest BCUT2D eigenvalue weighted by Crippen LogP contribution is -2.45. The lowest BCUT2D eigenvalue weighted by Gasteiger charge is -2.27. The number of hydrogen-bond donors (Lipinski definition) is 6. The standard InChI is InChI=1S/C32H41N9O4/c1-2-34-30(44)27-25(42)26(43)31(45-27)41-20-37-24-28(38-32(39-29(24)41)35-15-18-40-16-13-33-14-17-40)36-19-23(21-9-5-3-6-10-21)22-11-7-4-8-12-22/h3-12,20,23,25-27,31,33,42-43H,2,13-19H2,1H3,(H,34,44)(H2,35,36,38,39)/t25-,26+,27-,31+/m0/s1. The Kier molecular flexibility index (Phi) is 9.81. The molecule has 0 radical (unpaired) electrons. The van der Waals surface area contributed by atoms with Crippen LogP contribution in [0.4, 0.5) is 11.8 Å². The molecule has 2 fully saturated rings. The molecule has 4 aromatic rings. The molecule has 0 spiro atoms. The largest absolute Gasteiger partial charge is 0.387 e. The van der Waals surface area contributed by atoms with Crippen molar-refractivity contribution >= 4 is 28.8 Å². The van der Waals surface area contributed by atoms with Gasteiger partial charge in [-0.15, -0.1) is 0 Å². The number of carbonyl (C=O) groups excluding carboxylic acids is 1. The van der Waals surface area contributed by atoms with Gasteiger partial charge in [-0.25, -0.2) is 4.98 Å². The Morgan fingerprint density at radius 3 is 2.36 bits per heavy atom. The molecule has 6 rings (SSSR count). The fourth-order valence-electron chi connectivity index (χ4n) is 5.94. The molecule has 13 nitrogen and oxygen atoms in total. The van der Waals surface area contributed by atoms with Crippen LogP contribution in [0.3, 0.4) is 0 Å². The highest BCUT2D eigenvalue weighted by Crippen LogP contribution is 2.33. The molecule has 2 aliphatic heterocycles. The zero-order chi connectivity index (χ0) is 31.2. The topological polar surface area (TPSA) is 162 Å². The third-order valence-corrected chi connectivity index (χ3v) is 8.34. The van der Waals surface area contributed by atoms with E-state index in [2.05, 4.69) is 55.4 Å². The highest BCUT2D eigenvalue weighted by molar-refractivity contribution is 5.85. The number of hydrogen-bond acceptors (Lipinski definition) is 11. The van der Waals surface area contributed by atoms with Gasteiger partial charge in [0.1, 0.15) is 12.2 Å². The van der Waals surface area contributed by atoms with Crippen molar-refractivity contribution in [2.24, 2.45) is 0 Å². The van der Waals surface area contributed by atoms with E-state index < -0.39 is 30.4 Å². The van der Waals surface area contributed by atoms with Gasteiger partial charge in [-0.1, -0.05) is 60.7 Å². The smallest absolute Gasteiger partial charge is 0.252 e. The van der Waals surface area contributed by atoms with Crippen molar-refractivity contribution < 1.29 is 19.7 Å². The average Bonchev–Trinajstić information content (AvgIpc) is 3.63. The molecule has 2 aliphatic rings. The molecule has 13 heteroatoms. The number of carbonyl (C=O) groups is 1. The van der Waals surface area contributed by atoms with E-state index in [-0.39, 0.29) is 5.92 Å². The lowest BCUT2D eigenvalue weighted by atomic mass is 9.91. The van der Waals surface area contributed by atoms with Crippen molar-refractivity contribution in [3.63, 3.8) is 0 Å². The second-order valence-corrected chi connectivity index (χ2v) is 11.3. The number of aromatic nitrogens is 4. The summed E-state index contributed by atoms with van der Waals surface area (Å²) in [5.41, 5.74) is 3.21. The predicted octanol–water partition coefficient (Wildman–Crippen LogP) is 1.14. The zero-order valence-corrected chi connectivity index (χ0v) is 25.3. The molecule has 0 aliphatic carbocycles. The van der Waals surface area contributed by atoms with E-state index in [4.69, 9.17) is 14.7 Å². The van der Waals surface area contributed by atoms with E-state index in [1.54, 1.807) is 11.5 Å². The lowest BCUT2D eigenvalue weighted by molar-refractivity contribution is -0.137. The Labute approximate surface area is 262 Å². The van der Waals surface area contributed by atoms with Crippen molar-refractivity contribution in [2.45, 2.75) is 37.4 Å². The maximum absolute atomic E-state index is 12.5. The summed E-state index contributed by atoms with van der Waals surface area (Å²) in [6.45, 7) is 8.04. The number of nitrogens with zero attached hydrogens (tertiary/aromatic N) is 5. The van der Waals surface area contributed by atoms with Gasteiger partial charge in [-0.05, 0) is 18.1 Å². The second kappa shape index (κ2) is 14.3. The van der Waals surface area contributed by atoms with Gasteiger partial charge in [0.2, 0.25) is 5.95 Å². The van der Waals surface area contributed by atoms with Gasteiger partial charge in [0.05, 0.1) is 6.33 Å².